The lowest BCUT2D eigenvalue weighted by Crippen LogP contribution is -2.19. The summed E-state index contributed by atoms with van der Waals surface area (Å²) >= 11 is 0. The second kappa shape index (κ2) is 3.91. The number of aromatic nitrogens is 1. The summed E-state index contributed by atoms with van der Waals surface area (Å²) in [5.41, 5.74) is 8.89. The summed E-state index contributed by atoms with van der Waals surface area (Å²) in [6.45, 7) is 4.39. The van der Waals surface area contributed by atoms with Crippen LogP contribution in [-0.2, 0) is 0 Å². The molecule has 3 nitrogen and oxygen atoms in total. The van der Waals surface area contributed by atoms with Crippen LogP contribution in [0.1, 0.15) is 18.4 Å². The molecular weight excluding hydrogens is 210 g/mol. The second-order valence-corrected chi connectivity index (χ2v) is 4.77. The van der Waals surface area contributed by atoms with Crippen LogP contribution in [0.15, 0.2) is 24.3 Å². The van der Waals surface area contributed by atoms with Crippen molar-refractivity contribution >= 4 is 22.4 Å². The number of fused-ring (bicyclic) bond motifs is 1. The van der Waals surface area contributed by atoms with E-state index in [-0.39, 0.29) is 0 Å². The maximum atomic E-state index is 5.82. The Morgan fingerprint density at radius 1 is 1.18 bits per heavy atom. The topological polar surface area (TPSA) is 42.2 Å². The molecule has 1 aliphatic rings. The number of nitrogens with zero attached hydrogens (tertiary/aromatic N) is 2. The molecule has 0 radical (unpaired) electrons. The minimum Gasteiger partial charge on any atom is -0.399 e. The van der Waals surface area contributed by atoms with E-state index in [0.29, 0.717) is 0 Å². The third kappa shape index (κ3) is 1.82. The summed E-state index contributed by atoms with van der Waals surface area (Å²) in [5, 5.41) is 1.20. The van der Waals surface area contributed by atoms with Crippen molar-refractivity contribution in [1.82, 2.24) is 4.98 Å². The van der Waals surface area contributed by atoms with Gasteiger partial charge in [-0.3, -0.25) is 0 Å². The number of benzene rings is 1. The molecule has 1 aliphatic heterocycles. The first-order valence-corrected chi connectivity index (χ1v) is 6.16. The Bertz CT molecular complexity index is 557. The highest BCUT2D eigenvalue weighted by molar-refractivity contribution is 5.86. The first-order chi connectivity index (χ1) is 8.24. The number of nitrogen functional groups attached to an aromatic ring is 1. The van der Waals surface area contributed by atoms with Crippen LogP contribution in [0.4, 0.5) is 11.5 Å². The molecule has 0 amide bonds. The molecule has 2 heterocycles. The van der Waals surface area contributed by atoms with Gasteiger partial charge in [-0.2, -0.15) is 0 Å². The van der Waals surface area contributed by atoms with E-state index in [9.17, 15) is 0 Å². The Balaban J connectivity index is 2.14. The van der Waals surface area contributed by atoms with E-state index in [2.05, 4.69) is 24.0 Å². The summed E-state index contributed by atoms with van der Waals surface area (Å²) in [7, 11) is 0. The molecule has 0 aliphatic carbocycles. The summed E-state index contributed by atoms with van der Waals surface area (Å²) < 4.78 is 0. The van der Waals surface area contributed by atoms with Crippen LogP contribution >= 0.6 is 0 Å². The smallest absolute Gasteiger partial charge is 0.129 e. The van der Waals surface area contributed by atoms with Crippen molar-refractivity contribution in [2.75, 3.05) is 23.7 Å². The van der Waals surface area contributed by atoms with Gasteiger partial charge in [0.25, 0.3) is 0 Å². The fourth-order valence-electron chi connectivity index (χ4n) is 2.51. The molecule has 17 heavy (non-hydrogen) atoms. The minimum atomic E-state index is 0.781. The molecule has 1 fully saturated rings. The zero-order chi connectivity index (χ0) is 11.8. The summed E-state index contributed by atoms with van der Waals surface area (Å²) in [4.78, 5) is 7.08. The van der Waals surface area contributed by atoms with Gasteiger partial charge in [-0.15, -0.1) is 0 Å². The third-order valence-corrected chi connectivity index (χ3v) is 3.46. The largest absolute Gasteiger partial charge is 0.399 e. The SMILES string of the molecule is Cc1cc(N2CCCC2)nc2cc(N)ccc12. The Hall–Kier alpha value is -1.77. The Morgan fingerprint density at radius 3 is 2.71 bits per heavy atom. The molecule has 0 atom stereocenters. The van der Waals surface area contributed by atoms with Gasteiger partial charge in [-0.1, -0.05) is 6.07 Å². The first kappa shape index (κ1) is 10.4. The van der Waals surface area contributed by atoms with Gasteiger partial charge >= 0.3 is 0 Å². The van der Waals surface area contributed by atoms with E-state index in [0.717, 1.165) is 30.1 Å². The van der Waals surface area contributed by atoms with Gasteiger partial charge in [0, 0.05) is 24.2 Å². The second-order valence-electron chi connectivity index (χ2n) is 4.77. The van der Waals surface area contributed by atoms with Gasteiger partial charge in [0.1, 0.15) is 5.82 Å². The third-order valence-electron chi connectivity index (χ3n) is 3.46. The molecule has 1 aromatic heterocycles. The number of rotatable bonds is 1. The van der Waals surface area contributed by atoms with Gasteiger partial charge in [-0.05, 0) is 43.5 Å². The van der Waals surface area contributed by atoms with Gasteiger partial charge < -0.3 is 10.6 Å². The van der Waals surface area contributed by atoms with Crippen LogP contribution < -0.4 is 10.6 Å². The van der Waals surface area contributed by atoms with Crippen molar-refractivity contribution in [3.8, 4) is 0 Å². The summed E-state index contributed by atoms with van der Waals surface area (Å²) in [6.07, 6.45) is 2.55. The van der Waals surface area contributed by atoms with E-state index in [1.54, 1.807) is 0 Å². The lowest BCUT2D eigenvalue weighted by Gasteiger charge is -2.17. The maximum absolute atomic E-state index is 5.82. The van der Waals surface area contributed by atoms with Gasteiger partial charge in [0.05, 0.1) is 5.52 Å². The molecule has 0 spiro atoms. The Labute approximate surface area is 101 Å². The highest BCUT2D eigenvalue weighted by Crippen LogP contribution is 2.25. The molecule has 3 rings (SSSR count). The van der Waals surface area contributed by atoms with Crippen LogP contribution in [0.25, 0.3) is 10.9 Å². The Morgan fingerprint density at radius 2 is 1.94 bits per heavy atom. The predicted molar refractivity (Wildman–Crippen MR) is 72.3 cm³/mol. The number of pyridine rings is 1. The van der Waals surface area contributed by atoms with E-state index >= 15 is 0 Å². The zero-order valence-electron chi connectivity index (χ0n) is 10.1. The lowest BCUT2D eigenvalue weighted by atomic mass is 10.1. The zero-order valence-corrected chi connectivity index (χ0v) is 10.1. The quantitative estimate of drug-likeness (QED) is 0.762. The minimum absolute atomic E-state index is 0.781. The fourth-order valence-corrected chi connectivity index (χ4v) is 2.51. The fraction of sp³-hybridized carbons (Fsp3) is 0.357. The number of hydrogen-bond acceptors (Lipinski definition) is 3. The molecule has 2 aromatic rings. The number of anilines is 2. The van der Waals surface area contributed by atoms with E-state index in [1.165, 1.54) is 23.8 Å². The normalized spacial score (nSPS) is 15.7. The van der Waals surface area contributed by atoms with Crippen LogP contribution in [-0.4, -0.2) is 18.1 Å². The predicted octanol–water partition coefficient (Wildman–Crippen LogP) is 2.73. The van der Waals surface area contributed by atoms with E-state index < -0.39 is 0 Å². The molecular formula is C14H17N3. The van der Waals surface area contributed by atoms with Crippen LogP contribution in [0, 0.1) is 6.92 Å². The van der Waals surface area contributed by atoms with Crippen molar-refractivity contribution < 1.29 is 0 Å². The number of nitrogens with two attached hydrogens (primary N) is 1. The van der Waals surface area contributed by atoms with Crippen molar-refractivity contribution in [3.05, 3.63) is 29.8 Å². The molecule has 3 heteroatoms. The van der Waals surface area contributed by atoms with E-state index in [4.69, 9.17) is 10.7 Å². The molecule has 0 saturated carbocycles. The average Bonchev–Trinajstić information content (AvgIpc) is 2.81. The van der Waals surface area contributed by atoms with Gasteiger partial charge in [0.2, 0.25) is 0 Å². The van der Waals surface area contributed by atoms with Crippen LogP contribution in [0.5, 0.6) is 0 Å². The lowest BCUT2D eigenvalue weighted by molar-refractivity contribution is 0.942. The van der Waals surface area contributed by atoms with Gasteiger partial charge in [0.15, 0.2) is 0 Å². The Kier molecular flexibility index (Phi) is 2.39. The van der Waals surface area contributed by atoms with Crippen molar-refractivity contribution in [1.29, 1.82) is 0 Å². The number of hydrogen-bond donors (Lipinski definition) is 1. The molecule has 88 valence electrons. The van der Waals surface area contributed by atoms with Crippen LogP contribution in [0.2, 0.25) is 0 Å². The van der Waals surface area contributed by atoms with E-state index in [1.807, 2.05) is 12.1 Å². The average molecular weight is 227 g/mol. The molecule has 0 unspecified atom stereocenters. The molecule has 1 saturated heterocycles. The van der Waals surface area contributed by atoms with Crippen LogP contribution in [0.3, 0.4) is 0 Å². The molecule has 1 aromatic carbocycles. The van der Waals surface area contributed by atoms with Crippen molar-refractivity contribution in [2.45, 2.75) is 19.8 Å². The summed E-state index contributed by atoms with van der Waals surface area (Å²) in [6, 6.07) is 8.14. The van der Waals surface area contributed by atoms with Gasteiger partial charge in [-0.25, -0.2) is 4.98 Å². The summed E-state index contributed by atoms with van der Waals surface area (Å²) in [5.74, 6) is 1.10. The highest BCUT2D eigenvalue weighted by atomic mass is 15.2. The van der Waals surface area contributed by atoms with Crippen molar-refractivity contribution in [2.24, 2.45) is 0 Å². The standard InChI is InChI=1S/C14H17N3/c1-10-8-14(17-6-2-3-7-17)16-13-9-11(15)4-5-12(10)13/h4-5,8-9H,2-3,6-7,15H2,1H3. The first-order valence-electron chi connectivity index (χ1n) is 6.16. The molecule has 0 bridgehead atoms. The van der Waals surface area contributed by atoms with Crippen molar-refractivity contribution in [3.63, 3.8) is 0 Å². The monoisotopic (exact) mass is 227 g/mol. The highest BCUT2D eigenvalue weighted by Gasteiger charge is 2.14. The molecule has 2 N–H and O–H groups in total. The maximum Gasteiger partial charge on any atom is 0.129 e. The number of aryl methyl sites for hydroxylation is 1.